The Kier molecular flexibility index (Phi) is 3.53. The maximum atomic E-state index is 12.4. The SMILES string of the molecule is CCC(=O)N1CC2(C1)CS(=O)(=O)[C@@H](Cn1cccn1)CO2. The summed E-state index contributed by atoms with van der Waals surface area (Å²) in [6.07, 6.45) is 3.80. The summed E-state index contributed by atoms with van der Waals surface area (Å²) in [5.41, 5.74) is -0.690. The van der Waals surface area contributed by atoms with E-state index in [2.05, 4.69) is 5.10 Å². The minimum atomic E-state index is -3.25. The predicted molar refractivity (Wildman–Crippen MR) is 75.4 cm³/mol. The maximum absolute atomic E-state index is 12.4. The van der Waals surface area contributed by atoms with E-state index in [9.17, 15) is 13.2 Å². The van der Waals surface area contributed by atoms with Crippen LogP contribution in [0.1, 0.15) is 13.3 Å². The molecule has 21 heavy (non-hydrogen) atoms. The van der Waals surface area contributed by atoms with Crippen molar-refractivity contribution < 1.29 is 17.9 Å². The van der Waals surface area contributed by atoms with Crippen LogP contribution < -0.4 is 0 Å². The molecule has 0 aromatic carbocycles. The molecule has 0 aliphatic carbocycles. The number of ether oxygens (including phenoxy) is 1. The van der Waals surface area contributed by atoms with Crippen molar-refractivity contribution in [2.45, 2.75) is 30.7 Å². The molecule has 1 aromatic heterocycles. The Morgan fingerprint density at radius 2 is 2.24 bits per heavy atom. The molecule has 2 aliphatic rings. The van der Waals surface area contributed by atoms with Gasteiger partial charge in [-0.3, -0.25) is 9.48 Å². The van der Waals surface area contributed by atoms with Crippen molar-refractivity contribution in [1.82, 2.24) is 14.7 Å². The molecule has 1 amide bonds. The van der Waals surface area contributed by atoms with Gasteiger partial charge in [0.05, 0.1) is 32.0 Å². The summed E-state index contributed by atoms with van der Waals surface area (Å²) >= 11 is 0. The molecule has 2 aliphatic heterocycles. The van der Waals surface area contributed by atoms with Gasteiger partial charge in [0.15, 0.2) is 9.84 Å². The van der Waals surface area contributed by atoms with Crippen molar-refractivity contribution in [2.24, 2.45) is 0 Å². The molecule has 1 aromatic rings. The molecule has 2 fully saturated rings. The van der Waals surface area contributed by atoms with Gasteiger partial charge in [0.25, 0.3) is 0 Å². The van der Waals surface area contributed by atoms with Crippen LogP contribution in [0.4, 0.5) is 0 Å². The Morgan fingerprint density at radius 1 is 1.48 bits per heavy atom. The smallest absolute Gasteiger partial charge is 0.222 e. The zero-order chi connectivity index (χ0) is 15.1. The summed E-state index contributed by atoms with van der Waals surface area (Å²) in [4.78, 5) is 13.2. The van der Waals surface area contributed by atoms with Gasteiger partial charge in [0, 0.05) is 18.8 Å². The first-order valence-corrected chi connectivity index (χ1v) is 8.76. The Balaban J connectivity index is 1.65. The van der Waals surface area contributed by atoms with Gasteiger partial charge in [0.2, 0.25) is 5.91 Å². The molecule has 3 rings (SSSR count). The first-order chi connectivity index (χ1) is 9.94. The van der Waals surface area contributed by atoms with E-state index in [-0.39, 0.29) is 18.3 Å². The zero-order valence-electron chi connectivity index (χ0n) is 11.9. The molecule has 8 heteroatoms. The van der Waals surface area contributed by atoms with Crippen molar-refractivity contribution in [3.8, 4) is 0 Å². The second-order valence-electron chi connectivity index (χ2n) is 5.75. The van der Waals surface area contributed by atoms with Crippen LogP contribution in [0.25, 0.3) is 0 Å². The number of carbonyl (C=O) groups is 1. The molecule has 2 saturated heterocycles. The number of sulfone groups is 1. The first-order valence-electron chi connectivity index (χ1n) is 7.05. The third-order valence-corrected chi connectivity index (χ3v) is 6.34. The number of carbonyl (C=O) groups excluding carboxylic acids is 1. The number of hydrogen-bond acceptors (Lipinski definition) is 5. The summed E-state index contributed by atoms with van der Waals surface area (Å²) in [5.74, 6) is 0.0275. The van der Waals surface area contributed by atoms with Gasteiger partial charge >= 0.3 is 0 Å². The van der Waals surface area contributed by atoms with Crippen LogP contribution in [0.3, 0.4) is 0 Å². The average Bonchev–Trinajstić information content (AvgIpc) is 2.90. The number of rotatable bonds is 3. The number of aromatic nitrogens is 2. The van der Waals surface area contributed by atoms with E-state index < -0.39 is 20.7 Å². The monoisotopic (exact) mass is 313 g/mol. The van der Waals surface area contributed by atoms with Crippen LogP contribution in [-0.4, -0.2) is 65.3 Å². The molecule has 0 unspecified atom stereocenters. The van der Waals surface area contributed by atoms with Crippen LogP contribution in [0.15, 0.2) is 18.5 Å². The predicted octanol–water partition coefficient (Wildman–Crippen LogP) is -0.312. The largest absolute Gasteiger partial charge is 0.369 e. The van der Waals surface area contributed by atoms with Gasteiger partial charge in [-0.25, -0.2) is 8.42 Å². The van der Waals surface area contributed by atoms with E-state index in [1.807, 2.05) is 0 Å². The van der Waals surface area contributed by atoms with Crippen LogP contribution in [0.5, 0.6) is 0 Å². The van der Waals surface area contributed by atoms with E-state index in [0.717, 1.165) is 0 Å². The normalized spacial score (nSPS) is 26.5. The molecule has 7 nitrogen and oxygen atoms in total. The van der Waals surface area contributed by atoms with Gasteiger partial charge < -0.3 is 9.64 Å². The Hall–Kier alpha value is -1.41. The average molecular weight is 313 g/mol. The van der Waals surface area contributed by atoms with E-state index >= 15 is 0 Å². The van der Waals surface area contributed by atoms with Crippen molar-refractivity contribution in [3.63, 3.8) is 0 Å². The molecule has 0 N–H and O–H groups in total. The maximum Gasteiger partial charge on any atom is 0.222 e. The molecule has 0 radical (unpaired) electrons. The summed E-state index contributed by atoms with van der Waals surface area (Å²) < 4.78 is 32.3. The molecular weight excluding hydrogens is 294 g/mol. The highest BCUT2D eigenvalue weighted by Crippen LogP contribution is 2.33. The number of amides is 1. The highest BCUT2D eigenvalue weighted by atomic mass is 32.2. The van der Waals surface area contributed by atoms with Crippen molar-refractivity contribution in [1.29, 1.82) is 0 Å². The summed E-state index contributed by atoms with van der Waals surface area (Å²) in [7, 11) is -3.25. The van der Waals surface area contributed by atoms with Gasteiger partial charge in [-0.05, 0) is 6.07 Å². The van der Waals surface area contributed by atoms with Gasteiger partial charge in [-0.1, -0.05) is 6.92 Å². The van der Waals surface area contributed by atoms with Gasteiger partial charge in [-0.15, -0.1) is 0 Å². The second-order valence-corrected chi connectivity index (χ2v) is 8.04. The third kappa shape index (κ3) is 2.69. The standard InChI is InChI=1S/C13H19N3O4S/c1-2-12(17)15-8-13(9-15)10-21(18,19)11(7-20-13)6-16-5-3-4-14-16/h3-5,11H,2,6-10H2,1H3/t11-/m0/s1. The summed E-state index contributed by atoms with van der Waals surface area (Å²) in [6, 6.07) is 1.76. The fourth-order valence-corrected chi connectivity index (χ4v) is 4.80. The third-order valence-electron chi connectivity index (χ3n) is 4.11. The molecule has 1 spiro atoms. The first kappa shape index (κ1) is 14.5. The van der Waals surface area contributed by atoms with Crippen LogP contribution in [-0.2, 0) is 25.9 Å². The lowest BCUT2D eigenvalue weighted by Crippen LogP contribution is -2.70. The summed E-state index contributed by atoms with van der Waals surface area (Å²) in [6.45, 7) is 3.03. The molecule has 1 atom stereocenters. The lowest BCUT2D eigenvalue weighted by molar-refractivity contribution is -0.165. The van der Waals surface area contributed by atoms with Crippen molar-refractivity contribution >= 4 is 15.7 Å². The minimum absolute atomic E-state index is 0.0145. The highest BCUT2D eigenvalue weighted by molar-refractivity contribution is 7.92. The van der Waals surface area contributed by atoms with Crippen molar-refractivity contribution in [2.75, 3.05) is 25.4 Å². The minimum Gasteiger partial charge on any atom is -0.369 e. The highest BCUT2D eigenvalue weighted by Gasteiger charge is 2.53. The Bertz CT molecular complexity index is 620. The Labute approximate surface area is 123 Å². The fraction of sp³-hybridized carbons (Fsp3) is 0.692. The van der Waals surface area contributed by atoms with Crippen molar-refractivity contribution in [3.05, 3.63) is 18.5 Å². The fourth-order valence-electron chi connectivity index (χ4n) is 2.91. The molecule has 3 heterocycles. The van der Waals surface area contributed by atoms with Crippen LogP contribution in [0.2, 0.25) is 0 Å². The topological polar surface area (TPSA) is 81.5 Å². The molecular formula is C13H19N3O4S. The number of likely N-dealkylation sites (tertiary alicyclic amines) is 1. The number of nitrogens with zero attached hydrogens (tertiary/aromatic N) is 3. The summed E-state index contributed by atoms with van der Waals surface area (Å²) in [5, 5.41) is 3.47. The lowest BCUT2D eigenvalue weighted by atomic mass is 9.95. The Morgan fingerprint density at radius 3 is 2.81 bits per heavy atom. The van der Waals surface area contributed by atoms with E-state index in [0.29, 0.717) is 26.1 Å². The molecule has 116 valence electrons. The quantitative estimate of drug-likeness (QED) is 0.764. The van der Waals surface area contributed by atoms with Gasteiger partial charge in [-0.2, -0.15) is 5.10 Å². The van der Waals surface area contributed by atoms with Crippen LogP contribution in [0, 0.1) is 0 Å². The second kappa shape index (κ2) is 5.10. The lowest BCUT2D eigenvalue weighted by Gasteiger charge is -2.52. The van der Waals surface area contributed by atoms with E-state index in [1.54, 1.807) is 35.0 Å². The zero-order valence-corrected chi connectivity index (χ0v) is 12.8. The number of hydrogen-bond donors (Lipinski definition) is 0. The molecule has 0 saturated carbocycles. The van der Waals surface area contributed by atoms with Crippen LogP contribution >= 0.6 is 0 Å². The van der Waals surface area contributed by atoms with E-state index in [4.69, 9.17) is 4.74 Å². The molecule has 0 bridgehead atoms. The van der Waals surface area contributed by atoms with Gasteiger partial charge in [0.1, 0.15) is 10.9 Å². The van der Waals surface area contributed by atoms with E-state index in [1.165, 1.54) is 0 Å².